The van der Waals surface area contributed by atoms with Gasteiger partial charge in [0.1, 0.15) is 0 Å². The first-order valence-corrected chi connectivity index (χ1v) is 5.41. The molecule has 13 heavy (non-hydrogen) atoms. The molecule has 1 saturated heterocycles. The zero-order valence-electron chi connectivity index (χ0n) is 7.27. The highest BCUT2D eigenvalue weighted by Crippen LogP contribution is 2.26. The molecule has 1 aliphatic rings. The molecule has 3 heteroatoms. The van der Waals surface area contributed by atoms with Crippen molar-refractivity contribution in [1.29, 1.82) is 0 Å². The van der Waals surface area contributed by atoms with Crippen LogP contribution in [-0.4, -0.2) is 18.3 Å². The van der Waals surface area contributed by atoms with Crippen molar-refractivity contribution >= 4 is 25.3 Å². The Labute approximate surface area is 89.7 Å². The fraction of sp³-hybridized carbons (Fsp3) is 0.400. The van der Waals surface area contributed by atoms with E-state index in [1.807, 2.05) is 12.1 Å². The summed E-state index contributed by atoms with van der Waals surface area (Å²) >= 11 is 8.81. The largest absolute Gasteiger partial charge is 0.315 e. The molecule has 2 atom stereocenters. The van der Waals surface area contributed by atoms with Crippen molar-refractivity contribution in [2.45, 2.75) is 16.1 Å². The van der Waals surface area contributed by atoms with E-state index in [1.54, 1.807) is 0 Å². The van der Waals surface area contributed by atoms with E-state index in [0.29, 0.717) is 11.2 Å². The van der Waals surface area contributed by atoms with Gasteiger partial charge < -0.3 is 5.32 Å². The number of hydrogen-bond donors (Lipinski definition) is 3. The first kappa shape index (κ1) is 9.44. The molecular weight excluding hydrogens is 198 g/mol. The summed E-state index contributed by atoms with van der Waals surface area (Å²) in [5, 5.41) is 3.79. The number of thiol groups is 2. The Hall–Kier alpha value is -0.120. The monoisotopic (exact) mass is 211 g/mol. The number of hydrogen-bond acceptors (Lipinski definition) is 3. The lowest BCUT2D eigenvalue weighted by atomic mass is 9.98. The highest BCUT2D eigenvalue weighted by atomic mass is 32.1. The van der Waals surface area contributed by atoms with E-state index in [2.05, 4.69) is 42.7 Å². The Morgan fingerprint density at radius 2 is 1.85 bits per heavy atom. The quantitative estimate of drug-likeness (QED) is 0.603. The van der Waals surface area contributed by atoms with Crippen LogP contribution in [0.15, 0.2) is 29.2 Å². The summed E-state index contributed by atoms with van der Waals surface area (Å²) in [6, 6.07) is 8.36. The highest BCUT2D eigenvalue weighted by molar-refractivity contribution is 7.81. The van der Waals surface area contributed by atoms with Gasteiger partial charge in [-0.3, -0.25) is 0 Å². The Balaban J connectivity index is 2.20. The smallest absolute Gasteiger partial charge is 0.0223 e. The average Bonchev–Trinajstić information content (AvgIpc) is 2.53. The third-order valence-electron chi connectivity index (χ3n) is 2.50. The molecule has 1 fully saturated rings. The summed E-state index contributed by atoms with van der Waals surface area (Å²) in [6.45, 7) is 2.05. The molecule has 2 unspecified atom stereocenters. The van der Waals surface area contributed by atoms with Gasteiger partial charge in [0.25, 0.3) is 0 Å². The van der Waals surface area contributed by atoms with Crippen molar-refractivity contribution in [2.75, 3.05) is 13.1 Å². The van der Waals surface area contributed by atoms with Gasteiger partial charge in [0.15, 0.2) is 0 Å². The Kier molecular flexibility index (Phi) is 2.86. The second-order valence-electron chi connectivity index (χ2n) is 3.42. The zero-order chi connectivity index (χ0) is 9.26. The van der Waals surface area contributed by atoms with E-state index < -0.39 is 0 Å². The van der Waals surface area contributed by atoms with Crippen LogP contribution in [0.1, 0.15) is 11.5 Å². The molecule has 70 valence electrons. The molecule has 1 N–H and O–H groups in total. The first-order valence-electron chi connectivity index (χ1n) is 4.45. The van der Waals surface area contributed by atoms with Crippen LogP contribution in [0.4, 0.5) is 0 Å². The van der Waals surface area contributed by atoms with Crippen LogP contribution in [0.3, 0.4) is 0 Å². The first-order chi connectivity index (χ1) is 6.27. The summed E-state index contributed by atoms with van der Waals surface area (Å²) in [4.78, 5) is 1.02. The SMILES string of the molecule is Sc1ccc(C2CNCC2S)cc1. The molecule has 0 aliphatic carbocycles. The van der Waals surface area contributed by atoms with Gasteiger partial charge in [-0.05, 0) is 17.7 Å². The Morgan fingerprint density at radius 1 is 1.15 bits per heavy atom. The van der Waals surface area contributed by atoms with Crippen molar-refractivity contribution in [3.05, 3.63) is 29.8 Å². The molecule has 1 aromatic rings. The zero-order valence-corrected chi connectivity index (χ0v) is 9.06. The Bertz CT molecular complexity index is 283. The van der Waals surface area contributed by atoms with Crippen molar-refractivity contribution in [2.24, 2.45) is 0 Å². The predicted octanol–water partition coefficient (Wildman–Crippen LogP) is 1.96. The molecule has 0 saturated carbocycles. The van der Waals surface area contributed by atoms with Crippen molar-refractivity contribution < 1.29 is 0 Å². The summed E-state index contributed by atoms with van der Waals surface area (Å²) in [5.74, 6) is 0.553. The van der Waals surface area contributed by atoms with Gasteiger partial charge in [-0.2, -0.15) is 12.6 Å². The molecule has 0 spiro atoms. The van der Waals surface area contributed by atoms with Crippen molar-refractivity contribution in [3.63, 3.8) is 0 Å². The van der Waals surface area contributed by atoms with Crippen LogP contribution in [0.25, 0.3) is 0 Å². The van der Waals surface area contributed by atoms with Gasteiger partial charge in [0.05, 0.1) is 0 Å². The molecule has 0 bridgehead atoms. The van der Waals surface area contributed by atoms with E-state index in [0.717, 1.165) is 18.0 Å². The number of rotatable bonds is 1. The van der Waals surface area contributed by atoms with Crippen LogP contribution >= 0.6 is 25.3 Å². The minimum absolute atomic E-state index is 0.450. The van der Waals surface area contributed by atoms with Gasteiger partial charge in [-0.15, -0.1) is 12.6 Å². The summed E-state index contributed by atoms with van der Waals surface area (Å²) in [5.41, 5.74) is 1.36. The normalized spacial score (nSPS) is 27.8. The third-order valence-corrected chi connectivity index (χ3v) is 3.34. The fourth-order valence-corrected chi connectivity index (χ4v) is 2.28. The van der Waals surface area contributed by atoms with Gasteiger partial charge >= 0.3 is 0 Å². The van der Waals surface area contributed by atoms with Crippen LogP contribution in [0, 0.1) is 0 Å². The maximum atomic E-state index is 4.54. The van der Waals surface area contributed by atoms with Gasteiger partial charge in [-0.25, -0.2) is 0 Å². The van der Waals surface area contributed by atoms with Gasteiger partial charge in [0.2, 0.25) is 0 Å². The molecule has 1 aliphatic heterocycles. The van der Waals surface area contributed by atoms with Crippen LogP contribution < -0.4 is 5.32 Å². The van der Waals surface area contributed by atoms with E-state index in [4.69, 9.17) is 0 Å². The molecule has 1 nitrogen and oxygen atoms in total. The Morgan fingerprint density at radius 3 is 2.38 bits per heavy atom. The standard InChI is InChI=1S/C10H13NS2/c12-8-3-1-7(2-4-8)9-5-11-6-10(9)13/h1-4,9-13H,5-6H2. The molecule has 0 aromatic heterocycles. The maximum Gasteiger partial charge on any atom is 0.0223 e. The molecule has 2 rings (SSSR count). The summed E-state index contributed by atoms with van der Waals surface area (Å²) < 4.78 is 0. The van der Waals surface area contributed by atoms with Crippen LogP contribution in [0.2, 0.25) is 0 Å². The topological polar surface area (TPSA) is 12.0 Å². The lowest BCUT2D eigenvalue weighted by Crippen LogP contribution is -2.09. The van der Waals surface area contributed by atoms with Crippen molar-refractivity contribution in [3.8, 4) is 0 Å². The minimum Gasteiger partial charge on any atom is -0.315 e. The van der Waals surface area contributed by atoms with Crippen molar-refractivity contribution in [1.82, 2.24) is 5.32 Å². The second kappa shape index (κ2) is 3.95. The van der Waals surface area contributed by atoms with Gasteiger partial charge in [0, 0.05) is 29.2 Å². The van der Waals surface area contributed by atoms with E-state index in [9.17, 15) is 0 Å². The van der Waals surface area contributed by atoms with E-state index in [1.165, 1.54) is 5.56 Å². The lowest BCUT2D eigenvalue weighted by molar-refractivity contribution is 0.773. The number of nitrogens with one attached hydrogen (secondary N) is 1. The summed E-state index contributed by atoms with van der Waals surface area (Å²) in [7, 11) is 0. The molecule has 0 amide bonds. The molecular formula is C10H13NS2. The number of benzene rings is 1. The predicted molar refractivity (Wildman–Crippen MR) is 62.1 cm³/mol. The minimum atomic E-state index is 0.450. The molecule has 0 radical (unpaired) electrons. The summed E-state index contributed by atoms with van der Waals surface area (Å²) in [6.07, 6.45) is 0. The highest BCUT2D eigenvalue weighted by Gasteiger charge is 2.24. The van der Waals surface area contributed by atoms with E-state index in [-0.39, 0.29) is 0 Å². The second-order valence-corrected chi connectivity index (χ2v) is 4.60. The average molecular weight is 211 g/mol. The molecule has 1 aromatic carbocycles. The van der Waals surface area contributed by atoms with Crippen LogP contribution in [-0.2, 0) is 0 Å². The van der Waals surface area contributed by atoms with Gasteiger partial charge in [-0.1, -0.05) is 12.1 Å². The maximum absolute atomic E-state index is 4.54. The fourth-order valence-electron chi connectivity index (χ4n) is 1.73. The van der Waals surface area contributed by atoms with Crippen LogP contribution in [0.5, 0.6) is 0 Å². The molecule has 1 heterocycles. The lowest BCUT2D eigenvalue weighted by Gasteiger charge is -2.13. The van der Waals surface area contributed by atoms with E-state index >= 15 is 0 Å². The third kappa shape index (κ3) is 2.03.